The Morgan fingerprint density at radius 3 is 2.58 bits per heavy atom. The summed E-state index contributed by atoms with van der Waals surface area (Å²) in [6.07, 6.45) is 3.24. The van der Waals surface area contributed by atoms with Crippen molar-refractivity contribution in [3.63, 3.8) is 0 Å². The van der Waals surface area contributed by atoms with Crippen molar-refractivity contribution in [2.45, 2.75) is 13.2 Å². The first kappa shape index (κ1) is 13.0. The van der Waals surface area contributed by atoms with Crippen LogP contribution in [0.1, 0.15) is 11.1 Å². The standard InChI is InChI=1S/C13H12N2O4/c16-8-11-1-2-12(15(17)18)13(7-11)19-9-10-3-5-14-6-4-10/h1-7,16H,8-9H2. The molecule has 0 atom stereocenters. The van der Waals surface area contributed by atoms with Crippen molar-refractivity contribution in [3.05, 3.63) is 64.0 Å². The number of hydrogen-bond donors (Lipinski definition) is 1. The van der Waals surface area contributed by atoms with E-state index >= 15 is 0 Å². The number of aliphatic hydroxyl groups excluding tert-OH is 1. The van der Waals surface area contributed by atoms with E-state index in [-0.39, 0.29) is 24.7 Å². The number of aliphatic hydroxyl groups is 1. The van der Waals surface area contributed by atoms with E-state index in [1.807, 2.05) is 0 Å². The monoisotopic (exact) mass is 260 g/mol. The molecule has 19 heavy (non-hydrogen) atoms. The molecular formula is C13H12N2O4. The van der Waals surface area contributed by atoms with Crippen molar-refractivity contribution < 1.29 is 14.8 Å². The second-order valence-corrected chi connectivity index (χ2v) is 3.86. The Kier molecular flexibility index (Phi) is 4.04. The number of hydrogen-bond acceptors (Lipinski definition) is 5. The van der Waals surface area contributed by atoms with Crippen molar-refractivity contribution >= 4 is 5.69 Å². The molecule has 0 radical (unpaired) electrons. The van der Waals surface area contributed by atoms with Gasteiger partial charge in [0.25, 0.3) is 0 Å². The first-order valence-electron chi connectivity index (χ1n) is 5.60. The minimum Gasteiger partial charge on any atom is -0.482 e. The smallest absolute Gasteiger partial charge is 0.310 e. The zero-order valence-electron chi connectivity index (χ0n) is 10.0. The Balaban J connectivity index is 2.20. The average Bonchev–Trinajstić information content (AvgIpc) is 2.45. The molecular weight excluding hydrogens is 248 g/mol. The quantitative estimate of drug-likeness (QED) is 0.657. The van der Waals surface area contributed by atoms with E-state index in [0.717, 1.165) is 5.56 Å². The van der Waals surface area contributed by atoms with Crippen LogP contribution in [-0.2, 0) is 13.2 Å². The lowest BCUT2D eigenvalue weighted by Crippen LogP contribution is -2.00. The van der Waals surface area contributed by atoms with Crippen LogP contribution in [-0.4, -0.2) is 15.0 Å². The topological polar surface area (TPSA) is 85.5 Å². The van der Waals surface area contributed by atoms with Crippen LogP contribution in [0, 0.1) is 10.1 Å². The Labute approximate surface area is 109 Å². The summed E-state index contributed by atoms with van der Waals surface area (Å²) in [5.41, 5.74) is 1.31. The highest BCUT2D eigenvalue weighted by Crippen LogP contribution is 2.28. The fourth-order valence-electron chi connectivity index (χ4n) is 1.56. The van der Waals surface area contributed by atoms with E-state index in [1.54, 1.807) is 24.5 Å². The summed E-state index contributed by atoms with van der Waals surface area (Å²) in [6.45, 7) is 0.0157. The van der Waals surface area contributed by atoms with Crippen molar-refractivity contribution in [1.29, 1.82) is 0 Å². The number of pyridine rings is 1. The molecule has 0 bridgehead atoms. The van der Waals surface area contributed by atoms with Crippen LogP contribution in [0.5, 0.6) is 5.75 Å². The van der Waals surface area contributed by atoms with E-state index in [4.69, 9.17) is 9.84 Å². The molecule has 1 N–H and O–H groups in total. The van der Waals surface area contributed by atoms with Crippen LogP contribution < -0.4 is 4.74 Å². The lowest BCUT2D eigenvalue weighted by Gasteiger charge is -2.08. The summed E-state index contributed by atoms with van der Waals surface area (Å²) in [5, 5.41) is 19.9. The molecule has 0 aliphatic heterocycles. The highest BCUT2D eigenvalue weighted by molar-refractivity contribution is 5.48. The van der Waals surface area contributed by atoms with Crippen molar-refractivity contribution in [2.24, 2.45) is 0 Å². The third-order valence-electron chi connectivity index (χ3n) is 2.55. The van der Waals surface area contributed by atoms with Gasteiger partial charge in [0.15, 0.2) is 5.75 Å². The Hall–Kier alpha value is -2.47. The maximum absolute atomic E-state index is 10.9. The first-order valence-corrected chi connectivity index (χ1v) is 5.60. The SMILES string of the molecule is O=[N+]([O-])c1ccc(CO)cc1OCc1ccncc1. The summed E-state index contributed by atoms with van der Waals surface area (Å²) in [7, 11) is 0. The number of nitro benzene ring substituents is 1. The minimum atomic E-state index is -0.511. The predicted octanol–water partition coefficient (Wildman–Crippen LogP) is 2.06. The van der Waals surface area contributed by atoms with Gasteiger partial charge < -0.3 is 9.84 Å². The fourth-order valence-corrected chi connectivity index (χ4v) is 1.56. The van der Waals surface area contributed by atoms with E-state index < -0.39 is 4.92 Å². The molecule has 2 aromatic rings. The second kappa shape index (κ2) is 5.92. The molecule has 98 valence electrons. The molecule has 1 aromatic heterocycles. The molecule has 1 heterocycles. The normalized spacial score (nSPS) is 10.2. The molecule has 6 nitrogen and oxygen atoms in total. The van der Waals surface area contributed by atoms with Crippen molar-refractivity contribution in [1.82, 2.24) is 4.98 Å². The van der Waals surface area contributed by atoms with Gasteiger partial charge >= 0.3 is 5.69 Å². The van der Waals surface area contributed by atoms with Gasteiger partial charge in [-0.3, -0.25) is 15.1 Å². The molecule has 0 saturated carbocycles. The molecule has 0 fully saturated rings. The van der Waals surface area contributed by atoms with Gasteiger partial charge in [0, 0.05) is 18.5 Å². The van der Waals surface area contributed by atoms with Crippen molar-refractivity contribution in [2.75, 3.05) is 0 Å². The van der Waals surface area contributed by atoms with Gasteiger partial charge in [-0.1, -0.05) is 0 Å². The maximum Gasteiger partial charge on any atom is 0.310 e. The highest BCUT2D eigenvalue weighted by atomic mass is 16.6. The predicted molar refractivity (Wildman–Crippen MR) is 67.6 cm³/mol. The zero-order chi connectivity index (χ0) is 13.7. The van der Waals surface area contributed by atoms with Gasteiger partial charge in [-0.05, 0) is 35.4 Å². The lowest BCUT2D eigenvalue weighted by molar-refractivity contribution is -0.386. The van der Waals surface area contributed by atoms with E-state index in [0.29, 0.717) is 5.56 Å². The highest BCUT2D eigenvalue weighted by Gasteiger charge is 2.15. The van der Waals surface area contributed by atoms with Gasteiger partial charge in [-0.2, -0.15) is 0 Å². The molecule has 0 aliphatic carbocycles. The van der Waals surface area contributed by atoms with Gasteiger partial charge in [0.1, 0.15) is 6.61 Å². The van der Waals surface area contributed by atoms with Crippen LogP contribution in [0.4, 0.5) is 5.69 Å². The maximum atomic E-state index is 10.9. The number of benzene rings is 1. The van der Waals surface area contributed by atoms with Gasteiger partial charge in [-0.15, -0.1) is 0 Å². The lowest BCUT2D eigenvalue weighted by atomic mass is 10.2. The van der Waals surface area contributed by atoms with Gasteiger partial charge in [-0.25, -0.2) is 0 Å². The largest absolute Gasteiger partial charge is 0.482 e. The first-order chi connectivity index (χ1) is 9.20. The summed E-state index contributed by atoms with van der Waals surface area (Å²) in [6, 6.07) is 7.83. The second-order valence-electron chi connectivity index (χ2n) is 3.86. The van der Waals surface area contributed by atoms with E-state index in [2.05, 4.69) is 4.98 Å². The third-order valence-corrected chi connectivity index (χ3v) is 2.55. The molecule has 0 aliphatic rings. The molecule has 0 unspecified atom stereocenters. The van der Waals surface area contributed by atoms with E-state index in [1.165, 1.54) is 18.2 Å². The van der Waals surface area contributed by atoms with Gasteiger partial charge in [0.05, 0.1) is 11.5 Å². The van der Waals surface area contributed by atoms with Crippen LogP contribution in [0.25, 0.3) is 0 Å². The number of aromatic nitrogens is 1. The van der Waals surface area contributed by atoms with Gasteiger partial charge in [0.2, 0.25) is 0 Å². The van der Waals surface area contributed by atoms with Crippen LogP contribution in [0.15, 0.2) is 42.7 Å². The van der Waals surface area contributed by atoms with E-state index in [9.17, 15) is 10.1 Å². The number of ether oxygens (including phenoxy) is 1. The number of nitrogens with zero attached hydrogens (tertiary/aromatic N) is 2. The molecule has 2 rings (SSSR count). The molecule has 0 saturated heterocycles. The molecule has 6 heteroatoms. The number of rotatable bonds is 5. The summed E-state index contributed by atoms with van der Waals surface area (Å²) in [4.78, 5) is 14.3. The van der Waals surface area contributed by atoms with Crippen LogP contribution in [0.3, 0.4) is 0 Å². The van der Waals surface area contributed by atoms with Crippen LogP contribution >= 0.6 is 0 Å². The molecule has 0 amide bonds. The third kappa shape index (κ3) is 3.26. The summed E-state index contributed by atoms with van der Waals surface area (Å²) < 4.78 is 5.45. The van der Waals surface area contributed by atoms with Crippen molar-refractivity contribution in [3.8, 4) is 5.75 Å². The summed E-state index contributed by atoms with van der Waals surface area (Å²) >= 11 is 0. The Morgan fingerprint density at radius 2 is 1.95 bits per heavy atom. The van der Waals surface area contributed by atoms with Crippen LogP contribution in [0.2, 0.25) is 0 Å². The molecule has 0 spiro atoms. The number of nitro groups is 1. The fraction of sp³-hybridized carbons (Fsp3) is 0.154. The summed E-state index contributed by atoms with van der Waals surface area (Å²) in [5.74, 6) is 0.147. The molecule has 1 aromatic carbocycles. The Bertz CT molecular complexity index is 572. The average molecular weight is 260 g/mol. The zero-order valence-corrected chi connectivity index (χ0v) is 10.0. The Morgan fingerprint density at radius 1 is 1.21 bits per heavy atom. The minimum absolute atomic E-state index is 0.119.